The Kier molecular flexibility index (Phi) is 5.24. The molecule has 6 heteroatoms. The first kappa shape index (κ1) is 17.3. The van der Waals surface area contributed by atoms with Gasteiger partial charge in [-0.3, -0.25) is 10.1 Å². The third kappa shape index (κ3) is 4.51. The van der Waals surface area contributed by atoms with Crippen molar-refractivity contribution in [1.29, 1.82) is 0 Å². The largest absolute Gasteiger partial charge is 0.453 e. The lowest BCUT2D eigenvalue weighted by molar-refractivity contribution is -0.122. The molecule has 2 aromatic rings. The Morgan fingerprint density at radius 3 is 2.64 bits per heavy atom. The van der Waals surface area contributed by atoms with Crippen LogP contribution in [0.25, 0.3) is 0 Å². The van der Waals surface area contributed by atoms with Crippen molar-refractivity contribution < 1.29 is 14.3 Å². The summed E-state index contributed by atoms with van der Waals surface area (Å²) < 4.78 is 4.54. The molecule has 25 heavy (non-hydrogen) atoms. The Labute approximate surface area is 151 Å². The average Bonchev–Trinajstić information content (AvgIpc) is 3.41. The normalized spacial score (nSPS) is 18.3. The first-order valence-electron chi connectivity index (χ1n) is 8.04. The molecule has 0 radical (unpaired) electrons. The third-order valence-electron chi connectivity index (χ3n) is 4.26. The Hall–Kier alpha value is -2.53. The van der Waals surface area contributed by atoms with E-state index in [4.69, 9.17) is 11.6 Å². The van der Waals surface area contributed by atoms with Crippen molar-refractivity contribution in [2.24, 2.45) is 5.92 Å². The summed E-state index contributed by atoms with van der Waals surface area (Å²) >= 11 is 6.00. The van der Waals surface area contributed by atoms with Crippen LogP contribution in [0.3, 0.4) is 0 Å². The Morgan fingerprint density at radius 1 is 1.20 bits per heavy atom. The molecule has 3 rings (SSSR count). The van der Waals surface area contributed by atoms with Crippen LogP contribution in [0, 0.1) is 5.92 Å². The Bertz CT molecular complexity index is 776. The number of ether oxygens (including phenoxy) is 1. The van der Waals surface area contributed by atoms with E-state index in [1.165, 1.54) is 7.11 Å². The Balaban J connectivity index is 1.49. The first-order chi connectivity index (χ1) is 12.1. The summed E-state index contributed by atoms with van der Waals surface area (Å²) in [4.78, 5) is 23.4. The van der Waals surface area contributed by atoms with Crippen molar-refractivity contribution in [1.82, 2.24) is 5.32 Å². The monoisotopic (exact) mass is 358 g/mol. The number of methoxy groups -OCH3 is 1. The van der Waals surface area contributed by atoms with Gasteiger partial charge in [0.15, 0.2) is 0 Å². The van der Waals surface area contributed by atoms with Gasteiger partial charge in [-0.25, -0.2) is 4.79 Å². The van der Waals surface area contributed by atoms with Gasteiger partial charge in [-0.1, -0.05) is 35.9 Å². The summed E-state index contributed by atoms with van der Waals surface area (Å²) in [6, 6.07) is 14.9. The van der Waals surface area contributed by atoms with Gasteiger partial charge in [0.05, 0.1) is 7.11 Å². The van der Waals surface area contributed by atoms with Crippen LogP contribution in [0.4, 0.5) is 10.5 Å². The standard InChI is InChI=1S/C19H19ClN2O3/c1-25-19(24)22-15-7-5-12(6-8-15)11-21-18(23)17-10-16(17)13-3-2-4-14(20)9-13/h2-9,16-17H,10-11H2,1H3,(H,21,23)(H,22,24). The van der Waals surface area contributed by atoms with Crippen molar-refractivity contribution >= 4 is 29.3 Å². The highest BCUT2D eigenvalue weighted by Gasteiger charge is 2.43. The highest BCUT2D eigenvalue weighted by Crippen LogP contribution is 2.47. The second-order valence-electron chi connectivity index (χ2n) is 6.04. The van der Waals surface area contributed by atoms with Crippen LogP contribution in [-0.2, 0) is 16.1 Å². The zero-order chi connectivity index (χ0) is 17.8. The fourth-order valence-electron chi connectivity index (χ4n) is 2.79. The van der Waals surface area contributed by atoms with Crippen molar-refractivity contribution in [3.63, 3.8) is 0 Å². The quantitative estimate of drug-likeness (QED) is 0.850. The molecular formula is C19H19ClN2O3. The number of nitrogens with one attached hydrogen (secondary N) is 2. The molecule has 0 aromatic heterocycles. The molecule has 0 heterocycles. The number of hydrogen-bond donors (Lipinski definition) is 2. The fourth-order valence-corrected chi connectivity index (χ4v) is 2.98. The summed E-state index contributed by atoms with van der Waals surface area (Å²) in [6.45, 7) is 0.454. The lowest BCUT2D eigenvalue weighted by atomic mass is 10.1. The Morgan fingerprint density at radius 2 is 1.96 bits per heavy atom. The maximum absolute atomic E-state index is 12.3. The molecule has 0 spiro atoms. The minimum absolute atomic E-state index is 0.0127. The number of halogens is 1. The molecule has 1 aliphatic carbocycles. The topological polar surface area (TPSA) is 67.4 Å². The SMILES string of the molecule is COC(=O)Nc1ccc(CNC(=O)C2CC2c2cccc(Cl)c2)cc1. The summed E-state index contributed by atoms with van der Waals surface area (Å²) in [6.07, 6.45) is 0.343. The van der Waals surface area contributed by atoms with Crippen molar-refractivity contribution in [3.05, 3.63) is 64.7 Å². The number of rotatable bonds is 5. The molecule has 2 aromatic carbocycles. The van der Waals surface area contributed by atoms with Crippen LogP contribution in [0.2, 0.25) is 5.02 Å². The number of carbonyl (C=O) groups is 2. The van der Waals surface area contributed by atoms with E-state index >= 15 is 0 Å². The van der Waals surface area contributed by atoms with Crippen LogP contribution in [0.5, 0.6) is 0 Å². The van der Waals surface area contributed by atoms with Crippen LogP contribution in [-0.4, -0.2) is 19.1 Å². The van der Waals surface area contributed by atoms with Gasteiger partial charge < -0.3 is 10.1 Å². The predicted molar refractivity (Wildman–Crippen MR) is 96.6 cm³/mol. The molecular weight excluding hydrogens is 340 g/mol. The molecule has 1 saturated carbocycles. The number of hydrogen-bond acceptors (Lipinski definition) is 3. The molecule has 0 aliphatic heterocycles. The van der Waals surface area contributed by atoms with Gasteiger partial charge in [-0.05, 0) is 47.7 Å². The maximum Gasteiger partial charge on any atom is 0.411 e. The lowest BCUT2D eigenvalue weighted by Gasteiger charge is -2.07. The molecule has 0 saturated heterocycles. The summed E-state index contributed by atoms with van der Waals surface area (Å²) in [7, 11) is 1.31. The van der Waals surface area contributed by atoms with Crippen molar-refractivity contribution in [2.45, 2.75) is 18.9 Å². The number of carbonyl (C=O) groups excluding carboxylic acids is 2. The van der Waals surface area contributed by atoms with Crippen molar-refractivity contribution in [3.8, 4) is 0 Å². The molecule has 2 atom stereocenters. The summed E-state index contributed by atoms with van der Waals surface area (Å²) in [5.41, 5.74) is 2.72. The van der Waals surface area contributed by atoms with Crippen LogP contribution < -0.4 is 10.6 Å². The van der Waals surface area contributed by atoms with E-state index in [0.29, 0.717) is 17.3 Å². The number of anilines is 1. The molecule has 1 fully saturated rings. The molecule has 2 amide bonds. The van der Waals surface area contributed by atoms with Gasteiger partial charge in [0.25, 0.3) is 0 Å². The average molecular weight is 359 g/mol. The fraction of sp³-hybridized carbons (Fsp3) is 0.263. The minimum Gasteiger partial charge on any atom is -0.453 e. The maximum atomic E-state index is 12.3. The summed E-state index contributed by atoms with van der Waals surface area (Å²) in [5.74, 6) is 0.325. The second-order valence-corrected chi connectivity index (χ2v) is 6.47. The van der Waals surface area contributed by atoms with Crippen LogP contribution in [0.15, 0.2) is 48.5 Å². The van der Waals surface area contributed by atoms with Crippen LogP contribution in [0.1, 0.15) is 23.5 Å². The predicted octanol–water partition coefficient (Wildman–Crippen LogP) is 3.94. The third-order valence-corrected chi connectivity index (χ3v) is 4.49. The molecule has 130 valence electrons. The smallest absolute Gasteiger partial charge is 0.411 e. The molecule has 5 nitrogen and oxygen atoms in total. The van der Waals surface area contributed by atoms with E-state index in [-0.39, 0.29) is 17.7 Å². The van der Waals surface area contributed by atoms with Crippen molar-refractivity contribution in [2.75, 3.05) is 12.4 Å². The number of amides is 2. The lowest BCUT2D eigenvalue weighted by Crippen LogP contribution is -2.24. The van der Waals surface area contributed by atoms with Gasteiger partial charge in [0.2, 0.25) is 5.91 Å². The van der Waals surface area contributed by atoms with Gasteiger partial charge in [0.1, 0.15) is 0 Å². The molecule has 0 bridgehead atoms. The van der Waals surface area contributed by atoms with E-state index in [9.17, 15) is 9.59 Å². The van der Waals surface area contributed by atoms with Gasteiger partial charge in [-0.15, -0.1) is 0 Å². The second kappa shape index (κ2) is 7.57. The molecule has 2 N–H and O–H groups in total. The van der Waals surface area contributed by atoms with E-state index in [1.807, 2.05) is 36.4 Å². The van der Waals surface area contributed by atoms with Gasteiger partial charge in [0, 0.05) is 23.2 Å². The van der Waals surface area contributed by atoms with E-state index in [1.54, 1.807) is 12.1 Å². The molecule has 2 unspecified atom stereocenters. The zero-order valence-electron chi connectivity index (χ0n) is 13.8. The van der Waals surface area contributed by atoms with E-state index < -0.39 is 6.09 Å². The van der Waals surface area contributed by atoms with Gasteiger partial charge >= 0.3 is 6.09 Å². The number of benzene rings is 2. The van der Waals surface area contributed by atoms with E-state index in [2.05, 4.69) is 15.4 Å². The minimum atomic E-state index is -0.512. The summed E-state index contributed by atoms with van der Waals surface area (Å²) in [5, 5.41) is 6.24. The van der Waals surface area contributed by atoms with Gasteiger partial charge in [-0.2, -0.15) is 0 Å². The molecule has 1 aliphatic rings. The zero-order valence-corrected chi connectivity index (χ0v) is 14.5. The van der Waals surface area contributed by atoms with E-state index in [0.717, 1.165) is 17.5 Å². The highest BCUT2D eigenvalue weighted by molar-refractivity contribution is 6.30. The van der Waals surface area contributed by atoms with Crippen LogP contribution >= 0.6 is 11.6 Å². The highest BCUT2D eigenvalue weighted by atomic mass is 35.5. The first-order valence-corrected chi connectivity index (χ1v) is 8.41.